The van der Waals surface area contributed by atoms with Gasteiger partial charge in [0, 0.05) is 16.8 Å². The molecule has 1 aromatic carbocycles. The van der Waals surface area contributed by atoms with Gasteiger partial charge in [0.15, 0.2) is 5.69 Å². The van der Waals surface area contributed by atoms with Gasteiger partial charge in [0.2, 0.25) is 5.89 Å². The smallest absolute Gasteiger partial charge is 0.433 e. The Balaban J connectivity index is 2.21. The van der Waals surface area contributed by atoms with E-state index >= 15 is 0 Å². The summed E-state index contributed by atoms with van der Waals surface area (Å²) in [4.78, 5) is 19.7. The first-order valence-corrected chi connectivity index (χ1v) is 9.65. The molecule has 0 aliphatic carbocycles. The maximum Gasteiger partial charge on any atom is 0.433 e. The molecule has 3 rings (SSSR count). The Bertz CT molecular complexity index is 1130. The van der Waals surface area contributed by atoms with Crippen LogP contribution in [0.4, 0.5) is 13.2 Å². The first kappa shape index (κ1) is 23.5. The molecule has 8 nitrogen and oxygen atoms in total. The van der Waals surface area contributed by atoms with Crippen LogP contribution in [0.5, 0.6) is 5.75 Å². The molecule has 12 heteroatoms. The van der Waals surface area contributed by atoms with Gasteiger partial charge < -0.3 is 24.6 Å². The van der Waals surface area contributed by atoms with Gasteiger partial charge >= 0.3 is 12.1 Å². The number of hydrogen-bond donors (Lipinski definition) is 2. The fourth-order valence-electron chi connectivity index (χ4n) is 3.32. The summed E-state index contributed by atoms with van der Waals surface area (Å²) in [6.07, 6.45) is -4.64. The number of aromatic carboxylic acids is 1. The number of ether oxygens (including phenoxy) is 1. The molecule has 170 valence electrons. The Morgan fingerprint density at radius 1 is 1.25 bits per heavy atom. The predicted molar refractivity (Wildman–Crippen MR) is 111 cm³/mol. The Morgan fingerprint density at radius 3 is 2.53 bits per heavy atom. The van der Waals surface area contributed by atoms with Gasteiger partial charge in [0.05, 0.1) is 13.8 Å². The second-order valence-electron chi connectivity index (χ2n) is 7.33. The van der Waals surface area contributed by atoms with Crippen molar-refractivity contribution >= 4 is 24.4 Å². The largest absolute Gasteiger partial charge is 0.494 e. The number of carboxylic acids is 1. The normalized spacial score (nSPS) is 12.9. The van der Waals surface area contributed by atoms with Crippen LogP contribution in [0, 0.1) is 5.92 Å². The molecule has 3 aromatic rings. The summed E-state index contributed by atoms with van der Waals surface area (Å²) in [6, 6.07) is 5.01. The van der Waals surface area contributed by atoms with E-state index in [-0.39, 0.29) is 59.7 Å². The number of pyridine rings is 1. The molecule has 0 unspecified atom stereocenters. The third kappa shape index (κ3) is 4.56. The van der Waals surface area contributed by atoms with Crippen LogP contribution in [0.3, 0.4) is 0 Å². The number of halogens is 3. The van der Waals surface area contributed by atoms with Gasteiger partial charge in [-0.25, -0.2) is 14.8 Å². The minimum atomic E-state index is -4.64. The Labute approximate surface area is 181 Å². The number of carbonyl (C=O) groups is 1. The van der Waals surface area contributed by atoms with E-state index in [1.165, 1.54) is 25.3 Å². The van der Waals surface area contributed by atoms with E-state index in [0.29, 0.717) is 0 Å². The van der Waals surface area contributed by atoms with Crippen LogP contribution < -0.4 is 10.5 Å². The van der Waals surface area contributed by atoms with Crippen molar-refractivity contribution in [3.8, 4) is 17.2 Å². The number of oxazole rings is 1. The molecule has 32 heavy (non-hydrogen) atoms. The van der Waals surface area contributed by atoms with Gasteiger partial charge in [-0.2, -0.15) is 13.2 Å². The van der Waals surface area contributed by atoms with Gasteiger partial charge in [-0.15, -0.1) is 0 Å². The molecule has 0 aliphatic rings. The van der Waals surface area contributed by atoms with Crippen molar-refractivity contribution in [3.05, 3.63) is 41.4 Å². The van der Waals surface area contributed by atoms with Gasteiger partial charge in [-0.1, -0.05) is 13.8 Å². The fourth-order valence-corrected chi connectivity index (χ4v) is 3.32. The van der Waals surface area contributed by atoms with Gasteiger partial charge in [-0.05, 0) is 30.2 Å². The van der Waals surface area contributed by atoms with Crippen molar-refractivity contribution in [2.75, 3.05) is 13.8 Å². The topological polar surface area (TPSA) is 121 Å². The number of alkyl halides is 3. The van der Waals surface area contributed by atoms with E-state index in [2.05, 4.69) is 9.97 Å². The van der Waals surface area contributed by atoms with Crippen molar-refractivity contribution in [2.45, 2.75) is 25.8 Å². The van der Waals surface area contributed by atoms with Crippen molar-refractivity contribution in [1.29, 1.82) is 0 Å². The molecule has 0 amide bonds. The lowest BCUT2D eigenvalue weighted by Gasteiger charge is -2.17. The average Bonchev–Trinajstić information content (AvgIpc) is 3.17. The molecule has 0 aliphatic heterocycles. The van der Waals surface area contributed by atoms with E-state index in [4.69, 9.17) is 19.5 Å². The molecular formula is C20H21BF3N3O5. The number of nitrogens with zero attached hydrogens (tertiary/aromatic N) is 2. The highest BCUT2D eigenvalue weighted by Gasteiger charge is 2.34. The third-order valence-corrected chi connectivity index (χ3v) is 4.97. The molecule has 0 radical (unpaired) electrons. The lowest BCUT2D eigenvalue weighted by atomic mass is 9.70. The molecule has 0 saturated carbocycles. The lowest BCUT2D eigenvalue weighted by molar-refractivity contribution is -0.140. The number of carboxylic acid groups (broad SMARTS) is 1. The summed E-state index contributed by atoms with van der Waals surface area (Å²) in [5.41, 5.74) is 4.23. The highest BCUT2D eigenvalue weighted by molar-refractivity contribution is 6.30. The lowest BCUT2D eigenvalue weighted by Crippen LogP contribution is -2.22. The average molecular weight is 451 g/mol. The molecule has 0 bridgehead atoms. The second-order valence-corrected chi connectivity index (χ2v) is 7.33. The fraction of sp³-hybridized carbons (Fsp3) is 0.350. The minimum absolute atomic E-state index is 0.0525. The SMILES string of the molecule is COc1ccc(-c2nc(C(=O)O)c([C@@H](BOCN)C(C)C)o2)c2ccc(C(F)(F)F)nc12. The highest BCUT2D eigenvalue weighted by atomic mass is 19.4. The first-order chi connectivity index (χ1) is 15.1. The summed E-state index contributed by atoms with van der Waals surface area (Å²) in [5, 5.41) is 9.92. The van der Waals surface area contributed by atoms with Crippen molar-refractivity contribution < 1.29 is 36.9 Å². The molecule has 0 fully saturated rings. The van der Waals surface area contributed by atoms with Crippen LogP contribution in [0.15, 0.2) is 28.7 Å². The zero-order valence-corrected chi connectivity index (χ0v) is 17.6. The van der Waals surface area contributed by atoms with E-state index in [1.54, 1.807) is 0 Å². The Morgan fingerprint density at radius 2 is 1.97 bits per heavy atom. The van der Waals surface area contributed by atoms with Crippen LogP contribution in [-0.2, 0) is 10.8 Å². The number of aromatic nitrogens is 2. The summed E-state index contributed by atoms with van der Waals surface area (Å²) >= 11 is 0. The minimum Gasteiger partial charge on any atom is -0.494 e. The molecule has 2 aromatic heterocycles. The zero-order valence-electron chi connectivity index (χ0n) is 17.6. The van der Waals surface area contributed by atoms with Gasteiger partial charge in [0.25, 0.3) is 7.48 Å². The second kappa shape index (κ2) is 9.17. The zero-order chi connectivity index (χ0) is 23.6. The highest BCUT2D eigenvalue weighted by Crippen LogP contribution is 2.38. The maximum atomic E-state index is 13.2. The van der Waals surface area contributed by atoms with Crippen LogP contribution in [0.2, 0.25) is 0 Å². The van der Waals surface area contributed by atoms with Crippen molar-refractivity contribution in [1.82, 2.24) is 9.97 Å². The van der Waals surface area contributed by atoms with Crippen LogP contribution >= 0.6 is 0 Å². The van der Waals surface area contributed by atoms with E-state index < -0.39 is 23.7 Å². The van der Waals surface area contributed by atoms with Gasteiger partial charge in [0.1, 0.15) is 22.7 Å². The maximum absolute atomic E-state index is 13.2. The molecule has 0 saturated heterocycles. The first-order valence-electron chi connectivity index (χ1n) is 9.65. The Kier molecular flexibility index (Phi) is 6.75. The molecular weight excluding hydrogens is 430 g/mol. The number of rotatable bonds is 8. The van der Waals surface area contributed by atoms with Crippen LogP contribution in [0.1, 0.15) is 41.6 Å². The third-order valence-electron chi connectivity index (χ3n) is 4.97. The van der Waals surface area contributed by atoms with Crippen molar-refractivity contribution in [2.24, 2.45) is 11.7 Å². The van der Waals surface area contributed by atoms with Gasteiger partial charge in [-0.3, -0.25) is 0 Å². The summed E-state index contributed by atoms with van der Waals surface area (Å²) in [5.74, 6) is -1.67. The summed E-state index contributed by atoms with van der Waals surface area (Å²) in [7, 11) is 1.43. The number of hydrogen-bond acceptors (Lipinski definition) is 7. The summed E-state index contributed by atoms with van der Waals surface area (Å²) < 4.78 is 55.8. The predicted octanol–water partition coefficient (Wildman–Crippen LogP) is 3.60. The number of fused-ring (bicyclic) bond motifs is 1. The van der Waals surface area contributed by atoms with Crippen LogP contribution in [0.25, 0.3) is 22.4 Å². The number of benzene rings is 1. The molecule has 0 spiro atoms. The van der Waals surface area contributed by atoms with E-state index in [0.717, 1.165) is 6.07 Å². The number of methoxy groups -OCH3 is 1. The van der Waals surface area contributed by atoms with E-state index in [1.807, 2.05) is 13.8 Å². The van der Waals surface area contributed by atoms with Crippen LogP contribution in [-0.4, -0.2) is 42.4 Å². The molecule has 2 heterocycles. The summed E-state index contributed by atoms with van der Waals surface area (Å²) in [6.45, 7) is 3.68. The standard InChI is InChI=1S/C20H21BF3N3O5/c1-9(2)14(21-31-8-25)17-16(19(28)29)27-18(32-17)11-4-6-12(30-3)15-10(11)5-7-13(26-15)20(22,23)24/h4-7,9,14,21H,8,25H2,1-3H3,(H,28,29)/t14-/m0/s1. The van der Waals surface area contributed by atoms with E-state index in [9.17, 15) is 23.1 Å². The number of nitrogens with two attached hydrogens (primary N) is 1. The van der Waals surface area contributed by atoms with Crippen molar-refractivity contribution in [3.63, 3.8) is 0 Å². The molecule has 1 atom stereocenters. The molecule has 3 N–H and O–H groups in total. The quantitative estimate of drug-likeness (QED) is 0.394. The monoisotopic (exact) mass is 451 g/mol. The Hall–Kier alpha value is -3.12.